The average molecular weight is 386 g/mol. The number of methoxy groups -OCH3 is 3. The van der Waals surface area contributed by atoms with Crippen molar-refractivity contribution in [1.29, 1.82) is 0 Å². The zero-order chi connectivity index (χ0) is 19.4. The van der Waals surface area contributed by atoms with Crippen molar-refractivity contribution in [3.8, 4) is 34.4 Å². The first kappa shape index (κ1) is 18.5. The molecule has 1 aromatic heterocycles. The van der Waals surface area contributed by atoms with Crippen LogP contribution in [0.1, 0.15) is 5.56 Å². The molecule has 140 valence electrons. The lowest BCUT2D eigenvalue weighted by Gasteiger charge is -2.13. The first-order chi connectivity index (χ1) is 13.1. The van der Waals surface area contributed by atoms with E-state index in [0.717, 1.165) is 0 Å². The van der Waals surface area contributed by atoms with Crippen LogP contribution in [0.4, 0.5) is 0 Å². The van der Waals surface area contributed by atoms with Gasteiger partial charge >= 0.3 is 0 Å². The van der Waals surface area contributed by atoms with Gasteiger partial charge in [-0.25, -0.2) is 5.10 Å². The number of hydrogen-bond acceptors (Lipinski definition) is 7. The van der Waals surface area contributed by atoms with Crippen LogP contribution in [0, 0.1) is 4.77 Å². The maximum absolute atomic E-state index is 9.57. The predicted molar refractivity (Wildman–Crippen MR) is 104 cm³/mol. The van der Waals surface area contributed by atoms with Crippen LogP contribution in [0.2, 0.25) is 0 Å². The van der Waals surface area contributed by atoms with Crippen LogP contribution in [-0.2, 0) is 0 Å². The molecule has 0 bridgehead atoms. The maximum atomic E-state index is 9.57. The molecule has 9 heteroatoms. The van der Waals surface area contributed by atoms with Gasteiger partial charge in [-0.05, 0) is 42.0 Å². The van der Waals surface area contributed by atoms with Crippen molar-refractivity contribution in [3.05, 3.63) is 46.7 Å². The van der Waals surface area contributed by atoms with Crippen molar-refractivity contribution >= 4 is 18.4 Å². The normalized spacial score (nSPS) is 10.9. The Balaban J connectivity index is 2.08. The minimum absolute atomic E-state index is 0.152. The molecule has 0 aliphatic rings. The summed E-state index contributed by atoms with van der Waals surface area (Å²) in [7, 11) is 4.62. The van der Waals surface area contributed by atoms with Gasteiger partial charge in [0.15, 0.2) is 17.3 Å². The van der Waals surface area contributed by atoms with Gasteiger partial charge in [0.2, 0.25) is 10.5 Å². The van der Waals surface area contributed by atoms with E-state index >= 15 is 0 Å². The summed E-state index contributed by atoms with van der Waals surface area (Å²) >= 11 is 5.28. The number of H-pyrrole nitrogens is 1. The summed E-state index contributed by atoms with van der Waals surface area (Å²) in [6, 6.07) is 10.2. The van der Waals surface area contributed by atoms with E-state index in [0.29, 0.717) is 39.0 Å². The molecule has 3 rings (SSSR count). The molecule has 0 saturated heterocycles. The topological polar surface area (TPSA) is 93.9 Å². The molecule has 0 fully saturated rings. The second kappa shape index (κ2) is 7.92. The third kappa shape index (κ3) is 3.77. The lowest BCUT2D eigenvalue weighted by molar-refractivity contribution is 0.324. The molecule has 27 heavy (non-hydrogen) atoms. The average Bonchev–Trinajstić information content (AvgIpc) is 3.05. The van der Waals surface area contributed by atoms with Gasteiger partial charge in [0, 0.05) is 5.56 Å². The first-order valence-corrected chi connectivity index (χ1v) is 8.29. The molecule has 0 unspecified atom stereocenters. The molecular weight excluding hydrogens is 368 g/mol. The zero-order valence-electron chi connectivity index (χ0n) is 15.0. The Hall–Kier alpha value is -3.33. The molecule has 2 aromatic carbocycles. The Morgan fingerprint density at radius 3 is 2.41 bits per heavy atom. The van der Waals surface area contributed by atoms with Gasteiger partial charge in [0.1, 0.15) is 5.75 Å². The van der Waals surface area contributed by atoms with Crippen molar-refractivity contribution in [2.24, 2.45) is 5.10 Å². The Kier molecular flexibility index (Phi) is 5.41. The molecule has 0 atom stereocenters. The lowest BCUT2D eigenvalue weighted by atomic mass is 10.1. The number of phenolic OH excluding ortho intramolecular Hbond substituents is 1. The fourth-order valence-corrected chi connectivity index (χ4v) is 2.70. The summed E-state index contributed by atoms with van der Waals surface area (Å²) in [5.41, 5.74) is 1.39. The van der Waals surface area contributed by atoms with Crippen LogP contribution >= 0.6 is 12.2 Å². The predicted octanol–water partition coefficient (Wildman–Crippen LogP) is 3.22. The summed E-state index contributed by atoms with van der Waals surface area (Å²) in [4.78, 5) is 0. The molecule has 3 aromatic rings. The summed E-state index contributed by atoms with van der Waals surface area (Å²) in [6.45, 7) is 0. The molecule has 2 N–H and O–H groups in total. The Morgan fingerprint density at radius 2 is 1.81 bits per heavy atom. The quantitative estimate of drug-likeness (QED) is 0.499. The van der Waals surface area contributed by atoms with Gasteiger partial charge in [-0.2, -0.15) is 14.9 Å². The fourth-order valence-electron chi connectivity index (χ4n) is 2.53. The highest BCUT2D eigenvalue weighted by Gasteiger charge is 2.17. The molecule has 0 amide bonds. The largest absolute Gasteiger partial charge is 0.508 e. The molecule has 0 aliphatic heterocycles. The van der Waals surface area contributed by atoms with Crippen LogP contribution in [0.15, 0.2) is 41.5 Å². The Morgan fingerprint density at radius 1 is 1.11 bits per heavy atom. The van der Waals surface area contributed by atoms with Crippen LogP contribution in [-0.4, -0.2) is 47.5 Å². The smallest absolute Gasteiger partial charge is 0.216 e. The van der Waals surface area contributed by atoms with E-state index in [-0.39, 0.29) is 5.75 Å². The van der Waals surface area contributed by atoms with Crippen LogP contribution < -0.4 is 14.2 Å². The van der Waals surface area contributed by atoms with Crippen molar-refractivity contribution in [3.63, 3.8) is 0 Å². The number of aromatic nitrogens is 3. The van der Waals surface area contributed by atoms with E-state index in [2.05, 4.69) is 15.3 Å². The van der Waals surface area contributed by atoms with E-state index in [1.807, 2.05) is 6.07 Å². The van der Waals surface area contributed by atoms with Crippen LogP contribution in [0.3, 0.4) is 0 Å². The van der Waals surface area contributed by atoms with E-state index in [1.54, 1.807) is 36.5 Å². The molecule has 0 spiro atoms. The first-order valence-electron chi connectivity index (χ1n) is 7.88. The van der Waals surface area contributed by atoms with Crippen molar-refractivity contribution < 1.29 is 19.3 Å². The highest BCUT2D eigenvalue weighted by atomic mass is 32.1. The SMILES string of the molecule is COc1cc(-c2n[nH]c(=S)n2/N=C\c2cccc(O)c2)cc(OC)c1OC. The second-order valence-corrected chi connectivity index (χ2v) is 5.80. The van der Waals surface area contributed by atoms with E-state index < -0.39 is 0 Å². The van der Waals surface area contributed by atoms with Crippen molar-refractivity contribution in [2.45, 2.75) is 0 Å². The number of hydrogen-bond donors (Lipinski definition) is 2. The van der Waals surface area contributed by atoms with Crippen LogP contribution in [0.25, 0.3) is 11.4 Å². The number of ether oxygens (including phenoxy) is 3. The van der Waals surface area contributed by atoms with Gasteiger partial charge in [-0.1, -0.05) is 12.1 Å². The number of benzene rings is 2. The summed E-state index contributed by atoms with van der Waals surface area (Å²) < 4.78 is 17.9. The molecular formula is C18H18N4O4S. The minimum Gasteiger partial charge on any atom is -0.508 e. The van der Waals surface area contributed by atoms with Gasteiger partial charge < -0.3 is 19.3 Å². The van der Waals surface area contributed by atoms with Gasteiger partial charge in [0.05, 0.1) is 27.5 Å². The third-order valence-corrected chi connectivity index (χ3v) is 4.03. The third-order valence-electron chi connectivity index (χ3n) is 3.77. The van der Waals surface area contributed by atoms with Crippen LogP contribution in [0.5, 0.6) is 23.0 Å². The van der Waals surface area contributed by atoms with Gasteiger partial charge in [-0.3, -0.25) is 0 Å². The number of aromatic hydroxyl groups is 1. The summed E-state index contributed by atoms with van der Waals surface area (Å²) in [5.74, 6) is 2.08. The molecule has 0 saturated carbocycles. The number of phenols is 1. The van der Waals surface area contributed by atoms with Crippen molar-refractivity contribution in [2.75, 3.05) is 21.3 Å². The highest BCUT2D eigenvalue weighted by Crippen LogP contribution is 2.40. The molecule has 0 radical (unpaired) electrons. The summed E-state index contributed by atoms with van der Waals surface area (Å²) in [5, 5.41) is 20.9. The number of nitrogens with zero attached hydrogens (tertiary/aromatic N) is 3. The maximum Gasteiger partial charge on any atom is 0.216 e. The lowest BCUT2D eigenvalue weighted by Crippen LogP contribution is -1.99. The molecule has 0 aliphatic carbocycles. The summed E-state index contributed by atoms with van der Waals surface area (Å²) in [6.07, 6.45) is 1.58. The Bertz CT molecular complexity index is 1020. The van der Waals surface area contributed by atoms with E-state index in [9.17, 15) is 5.11 Å². The minimum atomic E-state index is 0.152. The zero-order valence-corrected chi connectivity index (χ0v) is 15.8. The van der Waals surface area contributed by atoms with Crippen molar-refractivity contribution in [1.82, 2.24) is 14.9 Å². The number of aromatic amines is 1. The number of rotatable bonds is 6. The number of nitrogens with one attached hydrogen (secondary N) is 1. The van der Waals surface area contributed by atoms with E-state index in [4.69, 9.17) is 26.4 Å². The second-order valence-electron chi connectivity index (χ2n) is 5.42. The van der Waals surface area contributed by atoms with E-state index in [1.165, 1.54) is 26.0 Å². The highest BCUT2D eigenvalue weighted by molar-refractivity contribution is 7.71. The monoisotopic (exact) mass is 386 g/mol. The molecule has 8 nitrogen and oxygen atoms in total. The standard InChI is InChI=1S/C18H18N4O4S/c1-24-14-8-12(9-15(25-2)16(14)26-3)17-20-21-18(27)22(17)19-10-11-5-4-6-13(23)7-11/h4-10,23H,1-3H3,(H,21,27)/b19-10-. The fraction of sp³-hybridized carbons (Fsp3) is 0.167. The molecule has 1 heterocycles. The Labute approximate surface area is 160 Å². The van der Waals surface area contributed by atoms with Gasteiger partial charge in [-0.15, -0.1) is 0 Å². The van der Waals surface area contributed by atoms with Gasteiger partial charge in [0.25, 0.3) is 0 Å².